The lowest BCUT2D eigenvalue weighted by Crippen LogP contribution is -2.32. The Labute approximate surface area is 225 Å². The molecule has 0 aromatic heterocycles. The van der Waals surface area contributed by atoms with Crippen LogP contribution in [0.5, 0.6) is 0 Å². The van der Waals surface area contributed by atoms with E-state index in [4.69, 9.17) is 0 Å². The maximum atomic E-state index is 13.9. The topological polar surface area (TPSA) is 83.6 Å². The van der Waals surface area contributed by atoms with Crippen molar-refractivity contribution in [2.45, 2.75) is 30.6 Å². The third-order valence-electron chi connectivity index (χ3n) is 5.95. The highest BCUT2D eigenvalue weighted by molar-refractivity contribution is 7.93. The van der Waals surface area contributed by atoms with Crippen LogP contribution in [0.4, 0.5) is 11.4 Å². The van der Waals surface area contributed by atoms with Gasteiger partial charge in [0.2, 0.25) is 0 Å². The van der Waals surface area contributed by atoms with E-state index in [1.807, 2.05) is 45.0 Å². The molecule has 0 bridgehead atoms. The number of benzene rings is 4. The number of nitrogens with one attached hydrogen (secondary N) is 1. The Bertz CT molecular complexity index is 1720. The summed E-state index contributed by atoms with van der Waals surface area (Å²) in [5.41, 5.74) is 3.89. The van der Waals surface area contributed by atoms with Gasteiger partial charge in [-0.15, -0.1) is 0 Å². The first kappa shape index (κ1) is 27.0. The van der Waals surface area contributed by atoms with Gasteiger partial charge in [0.1, 0.15) is 0 Å². The quantitative estimate of drug-likeness (QED) is 0.304. The van der Waals surface area contributed by atoms with Crippen LogP contribution in [0.15, 0.2) is 107 Å². The first-order valence-corrected chi connectivity index (χ1v) is 14.8. The number of rotatable bonds is 7. The second-order valence-corrected chi connectivity index (χ2v) is 12.4. The van der Waals surface area contributed by atoms with Crippen molar-refractivity contribution in [2.24, 2.45) is 0 Å². The van der Waals surface area contributed by atoms with Crippen LogP contribution in [0.25, 0.3) is 0 Å². The Morgan fingerprint density at radius 3 is 1.87 bits per heavy atom. The summed E-state index contributed by atoms with van der Waals surface area (Å²) in [4.78, 5) is 0.155. The molecule has 0 spiro atoms. The fourth-order valence-electron chi connectivity index (χ4n) is 3.76. The largest absolute Gasteiger partial charge is 0.277 e. The van der Waals surface area contributed by atoms with Gasteiger partial charge in [-0.25, -0.2) is 16.8 Å². The van der Waals surface area contributed by atoms with Crippen LogP contribution in [0.3, 0.4) is 0 Å². The zero-order valence-corrected chi connectivity index (χ0v) is 23.0. The Kier molecular flexibility index (Phi) is 7.91. The molecule has 4 aromatic rings. The maximum Gasteiger partial charge on any atom is 0.265 e. The van der Waals surface area contributed by atoms with E-state index in [1.54, 1.807) is 42.5 Å². The minimum atomic E-state index is -4.09. The van der Waals surface area contributed by atoms with Crippen molar-refractivity contribution in [1.29, 1.82) is 0 Å². The van der Waals surface area contributed by atoms with E-state index < -0.39 is 20.0 Å². The zero-order valence-electron chi connectivity index (χ0n) is 21.3. The molecule has 0 saturated carbocycles. The van der Waals surface area contributed by atoms with Gasteiger partial charge >= 0.3 is 0 Å². The summed E-state index contributed by atoms with van der Waals surface area (Å²) >= 11 is 0. The lowest BCUT2D eigenvalue weighted by molar-refractivity contribution is 0.592. The molecule has 194 valence electrons. The van der Waals surface area contributed by atoms with Crippen LogP contribution in [-0.4, -0.2) is 23.4 Å². The molecule has 4 rings (SSSR count). The summed E-state index contributed by atoms with van der Waals surface area (Å²) in [6, 6.07) is 26.9. The van der Waals surface area contributed by atoms with E-state index in [1.165, 1.54) is 30.3 Å². The molecule has 0 amide bonds. The number of hydrogen-bond donors (Lipinski definition) is 1. The van der Waals surface area contributed by atoms with Gasteiger partial charge in [0.15, 0.2) is 0 Å². The van der Waals surface area contributed by atoms with Crippen molar-refractivity contribution in [3.8, 4) is 11.8 Å². The van der Waals surface area contributed by atoms with Gasteiger partial charge in [-0.05, 0) is 68.8 Å². The second-order valence-electron chi connectivity index (χ2n) is 8.88. The van der Waals surface area contributed by atoms with Crippen molar-refractivity contribution in [2.75, 3.05) is 15.6 Å². The van der Waals surface area contributed by atoms with Crippen LogP contribution >= 0.6 is 0 Å². The molecule has 0 saturated heterocycles. The molecule has 0 heterocycles. The third-order valence-corrected chi connectivity index (χ3v) is 9.10. The molecule has 4 aromatic carbocycles. The van der Waals surface area contributed by atoms with Gasteiger partial charge in [-0.3, -0.25) is 9.03 Å². The summed E-state index contributed by atoms with van der Waals surface area (Å²) in [6.07, 6.45) is 0. The third kappa shape index (κ3) is 6.08. The predicted molar refractivity (Wildman–Crippen MR) is 152 cm³/mol. The molecular formula is C30H28N2O4S2. The molecule has 0 unspecified atom stereocenters. The van der Waals surface area contributed by atoms with Crippen molar-refractivity contribution >= 4 is 31.4 Å². The van der Waals surface area contributed by atoms with Gasteiger partial charge in [-0.2, -0.15) is 0 Å². The van der Waals surface area contributed by atoms with E-state index in [-0.39, 0.29) is 27.7 Å². The zero-order chi connectivity index (χ0) is 27.3. The highest BCUT2D eigenvalue weighted by atomic mass is 32.2. The lowest BCUT2D eigenvalue weighted by Gasteiger charge is -2.25. The van der Waals surface area contributed by atoms with E-state index in [9.17, 15) is 16.8 Å². The van der Waals surface area contributed by atoms with Crippen molar-refractivity contribution in [1.82, 2.24) is 0 Å². The summed E-state index contributed by atoms with van der Waals surface area (Å²) in [5, 5.41) is 0. The summed E-state index contributed by atoms with van der Waals surface area (Å²) < 4.78 is 57.8. The number of aryl methyl sites for hydroxylation is 3. The first-order chi connectivity index (χ1) is 18.1. The van der Waals surface area contributed by atoms with E-state index >= 15 is 0 Å². The molecule has 0 aliphatic heterocycles. The molecule has 8 heteroatoms. The average Bonchev–Trinajstić information content (AvgIpc) is 2.88. The maximum absolute atomic E-state index is 13.9. The normalized spacial score (nSPS) is 11.3. The van der Waals surface area contributed by atoms with Crippen LogP contribution in [0, 0.1) is 32.6 Å². The second kappa shape index (κ2) is 11.1. The Balaban J connectivity index is 1.79. The SMILES string of the molecule is Cc1ccc(S(=O)(=O)Nc2ccccc2N(CC#Cc2ccccc2C)S(=O)(=O)c2ccc(C)cc2)cc1. The monoisotopic (exact) mass is 544 g/mol. The fraction of sp³-hybridized carbons (Fsp3) is 0.133. The van der Waals surface area contributed by atoms with Gasteiger partial charge < -0.3 is 0 Å². The lowest BCUT2D eigenvalue weighted by atomic mass is 10.1. The van der Waals surface area contributed by atoms with E-state index in [0.717, 1.165) is 26.6 Å². The van der Waals surface area contributed by atoms with Crippen LogP contribution in [-0.2, 0) is 20.0 Å². The van der Waals surface area contributed by atoms with Crippen molar-refractivity contribution < 1.29 is 16.8 Å². The minimum Gasteiger partial charge on any atom is -0.277 e. The Hall–Kier alpha value is -4.06. The average molecular weight is 545 g/mol. The van der Waals surface area contributed by atoms with E-state index in [0.29, 0.717) is 0 Å². The fourth-order valence-corrected chi connectivity index (χ4v) is 6.22. The van der Waals surface area contributed by atoms with Crippen molar-refractivity contribution in [3.63, 3.8) is 0 Å². The van der Waals surface area contributed by atoms with Crippen LogP contribution in [0.2, 0.25) is 0 Å². The summed E-state index contributed by atoms with van der Waals surface area (Å²) in [6.45, 7) is 5.48. The molecule has 0 fully saturated rings. The molecular weight excluding hydrogens is 516 g/mol. The summed E-state index contributed by atoms with van der Waals surface area (Å²) in [5.74, 6) is 6.03. The Morgan fingerprint density at radius 1 is 0.684 bits per heavy atom. The van der Waals surface area contributed by atoms with E-state index in [2.05, 4.69) is 16.6 Å². The molecule has 0 aliphatic carbocycles. The van der Waals surface area contributed by atoms with Gasteiger partial charge in [-0.1, -0.05) is 77.6 Å². The number of sulfonamides is 2. The standard InChI is InChI=1S/C30H28N2O4S2/c1-23-14-18-27(19-15-23)37(33,34)31-29-12-6-7-13-30(29)32(22-8-11-26-10-5-4-9-25(26)3)38(35,36)28-20-16-24(2)17-21-28/h4-7,9-10,12-21,31H,22H2,1-3H3. The number of anilines is 2. The smallest absolute Gasteiger partial charge is 0.265 e. The van der Waals surface area contributed by atoms with Gasteiger partial charge in [0.25, 0.3) is 20.0 Å². The summed E-state index contributed by atoms with van der Waals surface area (Å²) in [7, 11) is -8.07. The van der Waals surface area contributed by atoms with Gasteiger partial charge in [0, 0.05) is 5.56 Å². The molecule has 0 atom stereocenters. The minimum absolute atomic E-state index is 0.0742. The van der Waals surface area contributed by atoms with Crippen molar-refractivity contribution in [3.05, 3.63) is 119 Å². The highest BCUT2D eigenvalue weighted by Crippen LogP contribution is 2.32. The Morgan fingerprint density at radius 2 is 1.24 bits per heavy atom. The van der Waals surface area contributed by atoms with Gasteiger partial charge in [0.05, 0.1) is 27.7 Å². The molecule has 0 radical (unpaired) electrons. The molecule has 0 aliphatic rings. The number of para-hydroxylation sites is 2. The molecule has 1 N–H and O–H groups in total. The van der Waals surface area contributed by atoms with Crippen LogP contribution in [0.1, 0.15) is 22.3 Å². The molecule has 38 heavy (non-hydrogen) atoms. The number of hydrogen-bond acceptors (Lipinski definition) is 4. The highest BCUT2D eigenvalue weighted by Gasteiger charge is 2.27. The molecule has 6 nitrogen and oxygen atoms in total. The first-order valence-electron chi connectivity index (χ1n) is 11.9. The number of nitrogens with zero attached hydrogens (tertiary/aromatic N) is 1. The predicted octanol–water partition coefficient (Wildman–Crippen LogP) is 5.66. The van der Waals surface area contributed by atoms with Crippen LogP contribution < -0.4 is 9.03 Å².